The van der Waals surface area contributed by atoms with Crippen LogP contribution in [0.2, 0.25) is 5.02 Å². The molecule has 2 N–H and O–H groups in total. The quantitative estimate of drug-likeness (QED) is 0.706. The van der Waals surface area contributed by atoms with E-state index >= 15 is 0 Å². The molecule has 0 radical (unpaired) electrons. The van der Waals surface area contributed by atoms with E-state index in [9.17, 15) is 9.18 Å². The molecule has 0 aliphatic heterocycles. The average molecular weight is 356 g/mol. The molecule has 25 heavy (non-hydrogen) atoms. The average Bonchev–Trinajstić information content (AvgIpc) is 2.61. The predicted octanol–water partition coefficient (Wildman–Crippen LogP) is 4.55. The number of halogens is 2. The molecular formula is C19H15ClFN3O. The van der Waals surface area contributed by atoms with E-state index in [1.54, 1.807) is 42.6 Å². The highest BCUT2D eigenvalue weighted by atomic mass is 35.5. The van der Waals surface area contributed by atoms with Crippen molar-refractivity contribution in [2.24, 2.45) is 0 Å². The van der Waals surface area contributed by atoms with Gasteiger partial charge in [-0.1, -0.05) is 35.9 Å². The number of amides is 1. The van der Waals surface area contributed by atoms with Gasteiger partial charge in [-0.3, -0.25) is 9.78 Å². The summed E-state index contributed by atoms with van der Waals surface area (Å²) in [7, 11) is 0. The van der Waals surface area contributed by atoms with Crippen LogP contribution in [0.25, 0.3) is 0 Å². The lowest BCUT2D eigenvalue weighted by Crippen LogP contribution is -2.23. The van der Waals surface area contributed by atoms with E-state index in [2.05, 4.69) is 15.6 Å². The maximum Gasteiger partial charge on any atom is 0.253 e. The number of pyridine rings is 1. The van der Waals surface area contributed by atoms with E-state index in [1.165, 1.54) is 12.3 Å². The largest absolute Gasteiger partial charge is 0.354 e. The van der Waals surface area contributed by atoms with Gasteiger partial charge in [0.1, 0.15) is 5.82 Å². The van der Waals surface area contributed by atoms with Crippen molar-refractivity contribution in [3.8, 4) is 0 Å². The molecule has 6 heteroatoms. The molecule has 0 unspecified atom stereocenters. The lowest BCUT2D eigenvalue weighted by molar-refractivity contribution is 0.0950. The summed E-state index contributed by atoms with van der Waals surface area (Å²) in [5.41, 5.74) is 2.25. The fraction of sp³-hybridized carbons (Fsp3) is 0.0526. The molecule has 0 saturated heterocycles. The summed E-state index contributed by atoms with van der Waals surface area (Å²) in [6.45, 7) is 0.109. The first-order valence-corrected chi connectivity index (χ1v) is 7.99. The lowest BCUT2D eigenvalue weighted by Gasteiger charge is -2.09. The van der Waals surface area contributed by atoms with E-state index in [0.717, 1.165) is 5.69 Å². The van der Waals surface area contributed by atoms with Crippen LogP contribution < -0.4 is 10.6 Å². The van der Waals surface area contributed by atoms with Gasteiger partial charge < -0.3 is 10.6 Å². The second kappa shape index (κ2) is 7.77. The number of benzene rings is 2. The maximum atomic E-state index is 13.6. The van der Waals surface area contributed by atoms with Crippen LogP contribution in [0.1, 0.15) is 15.9 Å². The van der Waals surface area contributed by atoms with Crippen LogP contribution in [0.4, 0.5) is 15.8 Å². The number of nitrogens with one attached hydrogen (secondary N) is 2. The van der Waals surface area contributed by atoms with Crippen LogP contribution in [-0.2, 0) is 6.54 Å². The van der Waals surface area contributed by atoms with E-state index in [1.807, 2.05) is 12.1 Å². The Kier molecular flexibility index (Phi) is 5.26. The van der Waals surface area contributed by atoms with Gasteiger partial charge >= 0.3 is 0 Å². The van der Waals surface area contributed by atoms with Crippen molar-refractivity contribution < 1.29 is 9.18 Å². The second-order valence-electron chi connectivity index (χ2n) is 5.37. The number of carbonyl (C=O) groups is 1. The number of rotatable bonds is 5. The first-order chi connectivity index (χ1) is 12.1. The summed E-state index contributed by atoms with van der Waals surface area (Å²) in [5.74, 6) is -0.678. The number of hydrogen-bond acceptors (Lipinski definition) is 3. The minimum Gasteiger partial charge on any atom is -0.354 e. The third-order valence-electron chi connectivity index (χ3n) is 3.51. The molecule has 0 fully saturated rings. The Bertz CT molecular complexity index is 901. The van der Waals surface area contributed by atoms with E-state index in [4.69, 9.17) is 11.6 Å². The lowest BCUT2D eigenvalue weighted by atomic mass is 10.2. The molecule has 1 aromatic heterocycles. The van der Waals surface area contributed by atoms with Crippen LogP contribution in [0.15, 0.2) is 67.0 Å². The van der Waals surface area contributed by atoms with Crippen molar-refractivity contribution in [1.29, 1.82) is 0 Å². The van der Waals surface area contributed by atoms with Gasteiger partial charge in [0.05, 0.1) is 17.4 Å². The van der Waals surface area contributed by atoms with Crippen molar-refractivity contribution in [3.63, 3.8) is 0 Å². The summed E-state index contributed by atoms with van der Waals surface area (Å²) >= 11 is 5.95. The van der Waals surface area contributed by atoms with Gasteiger partial charge in [-0.2, -0.15) is 0 Å². The van der Waals surface area contributed by atoms with Gasteiger partial charge in [-0.25, -0.2) is 4.39 Å². The van der Waals surface area contributed by atoms with Crippen molar-refractivity contribution in [2.75, 3.05) is 5.32 Å². The standard InChI is InChI=1S/C19H15ClFN3O/c20-15-5-3-6-16(9-15)24-17-8-14(10-22-12-17)19(25)23-11-13-4-1-2-7-18(13)21/h1-10,12,24H,11H2,(H,23,25). The molecule has 0 bridgehead atoms. The SMILES string of the molecule is O=C(NCc1ccccc1F)c1cncc(Nc2cccc(Cl)c2)c1. The maximum absolute atomic E-state index is 13.6. The first-order valence-electron chi connectivity index (χ1n) is 7.61. The zero-order chi connectivity index (χ0) is 17.6. The monoisotopic (exact) mass is 355 g/mol. The highest BCUT2D eigenvalue weighted by molar-refractivity contribution is 6.30. The summed E-state index contributed by atoms with van der Waals surface area (Å²) in [4.78, 5) is 16.3. The Morgan fingerprint density at radius 3 is 2.68 bits per heavy atom. The minimum absolute atomic E-state index is 0.109. The zero-order valence-electron chi connectivity index (χ0n) is 13.2. The van der Waals surface area contributed by atoms with Crippen molar-refractivity contribution >= 4 is 28.9 Å². The molecule has 3 rings (SSSR count). The summed E-state index contributed by atoms with van der Waals surface area (Å²) in [6, 6.07) is 15.2. The molecule has 1 heterocycles. The molecule has 0 aliphatic carbocycles. The Morgan fingerprint density at radius 2 is 1.88 bits per heavy atom. The van der Waals surface area contributed by atoms with Gasteiger partial charge in [0.15, 0.2) is 0 Å². The normalized spacial score (nSPS) is 10.3. The Hall–Kier alpha value is -2.92. The van der Waals surface area contributed by atoms with Crippen LogP contribution in [0.3, 0.4) is 0 Å². The molecule has 4 nitrogen and oxygen atoms in total. The highest BCUT2D eigenvalue weighted by Gasteiger charge is 2.09. The molecule has 0 atom stereocenters. The number of carbonyl (C=O) groups excluding carboxylic acids is 1. The van der Waals surface area contributed by atoms with E-state index in [0.29, 0.717) is 21.8 Å². The summed E-state index contributed by atoms with van der Waals surface area (Å²) in [5, 5.41) is 6.43. The van der Waals surface area contributed by atoms with Crippen LogP contribution in [0, 0.1) is 5.82 Å². The van der Waals surface area contributed by atoms with Gasteiger partial charge in [-0.05, 0) is 30.3 Å². The first kappa shape index (κ1) is 16.9. The molecule has 2 aromatic carbocycles. The fourth-order valence-electron chi connectivity index (χ4n) is 2.28. The highest BCUT2D eigenvalue weighted by Crippen LogP contribution is 2.20. The van der Waals surface area contributed by atoms with E-state index < -0.39 is 0 Å². The number of aromatic nitrogens is 1. The molecule has 1 amide bonds. The Morgan fingerprint density at radius 1 is 1.04 bits per heavy atom. The van der Waals surface area contributed by atoms with Crippen LogP contribution in [0.5, 0.6) is 0 Å². The summed E-state index contributed by atoms with van der Waals surface area (Å²) in [6.07, 6.45) is 3.06. The van der Waals surface area contributed by atoms with Gasteiger partial charge in [0.25, 0.3) is 5.91 Å². The van der Waals surface area contributed by atoms with Crippen molar-refractivity contribution in [2.45, 2.75) is 6.54 Å². The van der Waals surface area contributed by atoms with Gasteiger partial charge in [0, 0.05) is 29.0 Å². The Balaban J connectivity index is 1.68. The van der Waals surface area contributed by atoms with Crippen molar-refractivity contribution in [3.05, 3.63) is 89.0 Å². The number of anilines is 2. The van der Waals surface area contributed by atoms with Crippen LogP contribution >= 0.6 is 11.6 Å². The number of nitrogens with zero attached hydrogens (tertiary/aromatic N) is 1. The minimum atomic E-state index is -0.350. The van der Waals surface area contributed by atoms with Crippen LogP contribution in [-0.4, -0.2) is 10.9 Å². The molecule has 0 spiro atoms. The van der Waals surface area contributed by atoms with Crippen molar-refractivity contribution in [1.82, 2.24) is 10.3 Å². The Labute approximate surface area is 149 Å². The molecule has 3 aromatic rings. The molecular weight excluding hydrogens is 341 g/mol. The fourth-order valence-corrected chi connectivity index (χ4v) is 2.47. The molecule has 0 aliphatic rings. The zero-order valence-corrected chi connectivity index (χ0v) is 13.9. The smallest absolute Gasteiger partial charge is 0.253 e. The van der Waals surface area contributed by atoms with Gasteiger partial charge in [-0.15, -0.1) is 0 Å². The predicted molar refractivity (Wildman–Crippen MR) is 96.5 cm³/mol. The molecule has 126 valence electrons. The second-order valence-corrected chi connectivity index (χ2v) is 5.81. The van der Waals surface area contributed by atoms with E-state index in [-0.39, 0.29) is 18.3 Å². The number of hydrogen-bond donors (Lipinski definition) is 2. The molecule has 0 saturated carbocycles. The topological polar surface area (TPSA) is 54.0 Å². The van der Waals surface area contributed by atoms with Gasteiger partial charge in [0.2, 0.25) is 0 Å². The third-order valence-corrected chi connectivity index (χ3v) is 3.75. The summed E-state index contributed by atoms with van der Waals surface area (Å²) < 4.78 is 13.6. The third kappa shape index (κ3) is 4.55.